The van der Waals surface area contributed by atoms with Gasteiger partial charge in [-0.1, -0.05) is 13.8 Å². The average molecular weight is 262 g/mol. The van der Waals surface area contributed by atoms with Gasteiger partial charge in [0.1, 0.15) is 0 Å². The number of hydrogen-bond donors (Lipinski definition) is 1. The van der Waals surface area contributed by atoms with Crippen molar-refractivity contribution in [1.29, 1.82) is 0 Å². The van der Waals surface area contributed by atoms with E-state index in [-0.39, 0.29) is 11.9 Å². The zero-order chi connectivity index (χ0) is 13.1. The number of carbonyl (C=O) groups excluding carboxylic acids is 1. The molecule has 0 aromatic carbocycles. The Morgan fingerprint density at radius 3 is 2.65 bits per heavy atom. The highest BCUT2D eigenvalue weighted by Crippen LogP contribution is 2.13. The maximum Gasteiger partial charge on any atom is 0.222 e. The molecule has 1 saturated heterocycles. The number of likely N-dealkylation sites (tertiary alicyclic amines) is 1. The highest BCUT2D eigenvalue weighted by atomic mass is 32.2. The molecule has 1 heterocycles. The second kappa shape index (κ2) is 5.82. The van der Waals surface area contributed by atoms with E-state index in [0.717, 1.165) is 25.6 Å². The molecule has 0 aliphatic carbocycles. The van der Waals surface area contributed by atoms with Gasteiger partial charge in [0.2, 0.25) is 15.9 Å². The summed E-state index contributed by atoms with van der Waals surface area (Å²) in [5, 5.41) is 0. The standard InChI is InChI=1S/C11H22N2O3S/c1-9(2)7-11(14)13-6-4-5-10(8-13)12-17(3,15)16/h9-10,12H,4-8H2,1-3H3/t10-/m0/s1. The van der Waals surface area contributed by atoms with Gasteiger partial charge in [-0.15, -0.1) is 0 Å². The fourth-order valence-corrected chi connectivity index (χ4v) is 2.88. The van der Waals surface area contributed by atoms with Crippen LogP contribution in [0.25, 0.3) is 0 Å². The maximum absolute atomic E-state index is 11.9. The molecule has 0 aromatic heterocycles. The Labute approximate surface area is 104 Å². The molecule has 6 heteroatoms. The van der Waals surface area contributed by atoms with Crippen molar-refractivity contribution in [2.75, 3.05) is 19.3 Å². The van der Waals surface area contributed by atoms with Crippen molar-refractivity contribution in [3.05, 3.63) is 0 Å². The van der Waals surface area contributed by atoms with Gasteiger partial charge in [-0.05, 0) is 18.8 Å². The van der Waals surface area contributed by atoms with Crippen LogP contribution in [0.2, 0.25) is 0 Å². The van der Waals surface area contributed by atoms with Crippen molar-refractivity contribution >= 4 is 15.9 Å². The number of piperidine rings is 1. The molecule has 0 spiro atoms. The van der Waals surface area contributed by atoms with Crippen molar-refractivity contribution in [1.82, 2.24) is 9.62 Å². The lowest BCUT2D eigenvalue weighted by molar-refractivity contribution is -0.133. The van der Waals surface area contributed by atoms with E-state index in [1.54, 1.807) is 4.90 Å². The molecule has 1 amide bonds. The molecular formula is C11H22N2O3S. The first-order valence-electron chi connectivity index (χ1n) is 6.03. The Kier molecular flexibility index (Phi) is 4.94. The third-order valence-electron chi connectivity index (χ3n) is 2.74. The number of rotatable bonds is 4. The van der Waals surface area contributed by atoms with Gasteiger partial charge in [-0.3, -0.25) is 4.79 Å². The number of amides is 1. The smallest absolute Gasteiger partial charge is 0.222 e. The highest BCUT2D eigenvalue weighted by molar-refractivity contribution is 7.88. The van der Waals surface area contributed by atoms with Gasteiger partial charge in [0, 0.05) is 25.6 Å². The van der Waals surface area contributed by atoms with E-state index in [1.807, 2.05) is 13.8 Å². The number of carbonyl (C=O) groups is 1. The molecule has 5 nitrogen and oxygen atoms in total. The van der Waals surface area contributed by atoms with Crippen LogP contribution in [0.15, 0.2) is 0 Å². The molecule has 0 unspecified atom stereocenters. The number of hydrogen-bond acceptors (Lipinski definition) is 3. The molecule has 0 radical (unpaired) electrons. The molecule has 1 rings (SSSR count). The molecule has 0 aromatic rings. The Morgan fingerprint density at radius 1 is 1.47 bits per heavy atom. The minimum Gasteiger partial charge on any atom is -0.341 e. The molecule has 0 bridgehead atoms. The summed E-state index contributed by atoms with van der Waals surface area (Å²) >= 11 is 0. The minimum absolute atomic E-state index is 0.125. The monoisotopic (exact) mass is 262 g/mol. The van der Waals surface area contributed by atoms with Crippen LogP contribution in [0.4, 0.5) is 0 Å². The van der Waals surface area contributed by atoms with Crippen molar-refractivity contribution in [3.8, 4) is 0 Å². The van der Waals surface area contributed by atoms with Gasteiger partial charge in [0.25, 0.3) is 0 Å². The van der Waals surface area contributed by atoms with Gasteiger partial charge < -0.3 is 4.90 Å². The topological polar surface area (TPSA) is 66.5 Å². The first kappa shape index (κ1) is 14.4. The normalized spacial score (nSPS) is 21.9. The van der Waals surface area contributed by atoms with Gasteiger partial charge in [0.15, 0.2) is 0 Å². The predicted octanol–water partition coefficient (Wildman–Crippen LogP) is 0.573. The fourth-order valence-electron chi connectivity index (χ4n) is 2.08. The highest BCUT2D eigenvalue weighted by Gasteiger charge is 2.25. The lowest BCUT2D eigenvalue weighted by Crippen LogP contribution is -2.49. The molecular weight excluding hydrogens is 240 g/mol. The third-order valence-corrected chi connectivity index (χ3v) is 3.50. The number of nitrogens with zero attached hydrogens (tertiary/aromatic N) is 1. The first-order chi connectivity index (χ1) is 7.78. The Bertz CT molecular complexity index is 365. The Balaban J connectivity index is 2.52. The molecule has 0 saturated carbocycles. The van der Waals surface area contributed by atoms with Crippen LogP contribution in [0.5, 0.6) is 0 Å². The molecule has 1 N–H and O–H groups in total. The summed E-state index contributed by atoms with van der Waals surface area (Å²) in [5.74, 6) is 0.464. The quantitative estimate of drug-likeness (QED) is 0.805. The summed E-state index contributed by atoms with van der Waals surface area (Å²) in [7, 11) is -3.18. The van der Waals surface area contributed by atoms with Crippen LogP contribution in [0, 0.1) is 5.92 Å². The lowest BCUT2D eigenvalue weighted by Gasteiger charge is -2.33. The van der Waals surface area contributed by atoms with E-state index in [9.17, 15) is 13.2 Å². The summed E-state index contributed by atoms with van der Waals surface area (Å²) in [6, 6.07) is -0.130. The second-order valence-corrected chi connectivity index (χ2v) is 6.95. The third kappa shape index (κ3) is 5.50. The molecule has 17 heavy (non-hydrogen) atoms. The lowest BCUT2D eigenvalue weighted by atomic mass is 10.0. The summed E-state index contributed by atoms with van der Waals surface area (Å²) < 4.78 is 24.9. The molecule has 1 fully saturated rings. The van der Waals surface area contributed by atoms with E-state index in [4.69, 9.17) is 0 Å². The maximum atomic E-state index is 11.9. The van der Waals surface area contributed by atoms with E-state index in [0.29, 0.717) is 18.9 Å². The van der Waals surface area contributed by atoms with Crippen molar-refractivity contribution in [3.63, 3.8) is 0 Å². The van der Waals surface area contributed by atoms with E-state index in [1.165, 1.54) is 0 Å². The van der Waals surface area contributed by atoms with Crippen molar-refractivity contribution in [2.45, 2.75) is 39.2 Å². The minimum atomic E-state index is -3.18. The van der Waals surface area contributed by atoms with E-state index < -0.39 is 10.0 Å². The van der Waals surface area contributed by atoms with Crippen molar-refractivity contribution in [2.24, 2.45) is 5.92 Å². The number of sulfonamides is 1. The second-order valence-electron chi connectivity index (χ2n) is 5.17. The summed E-state index contributed by atoms with van der Waals surface area (Å²) in [6.07, 6.45) is 3.35. The van der Waals surface area contributed by atoms with Crippen LogP contribution in [0.1, 0.15) is 33.1 Å². The average Bonchev–Trinajstić information content (AvgIpc) is 2.14. The first-order valence-corrected chi connectivity index (χ1v) is 7.92. The largest absolute Gasteiger partial charge is 0.341 e. The molecule has 1 aliphatic heterocycles. The van der Waals surface area contributed by atoms with Crippen LogP contribution in [-0.4, -0.2) is 44.6 Å². The zero-order valence-corrected chi connectivity index (χ0v) is 11.6. The SMILES string of the molecule is CC(C)CC(=O)N1CCC[C@H](NS(C)(=O)=O)C1. The van der Waals surface area contributed by atoms with Gasteiger partial charge in [-0.25, -0.2) is 13.1 Å². The van der Waals surface area contributed by atoms with Crippen LogP contribution < -0.4 is 4.72 Å². The van der Waals surface area contributed by atoms with E-state index in [2.05, 4.69) is 4.72 Å². The molecule has 100 valence electrons. The van der Waals surface area contributed by atoms with Crippen LogP contribution in [0.3, 0.4) is 0 Å². The summed E-state index contributed by atoms with van der Waals surface area (Å²) in [5.41, 5.74) is 0. The fraction of sp³-hybridized carbons (Fsp3) is 0.909. The predicted molar refractivity (Wildman–Crippen MR) is 67.0 cm³/mol. The van der Waals surface area contributed by atoms with Gasteiger partial charge >= 0.3 is 0 Å². The van der Waals surface area contributed by atoms with E-state index >= 15 is 0 Å². The summed E-state index contributed by atoms with van der Waals surface area (Å²) in [4.78, 5) is 13.6. The zero-order valence-electron chi connectivity index (χ0n) is 10.8. The van der Waals surface area contributed by atoms with Crippen LogP contribution in [-0.2, 0) is 14.8 Å². The molecule has 1 atom stereocenters. The number of nitrogens with one attached hydrogen (secondary N) is 1. The Morgan fingerprint density at radius 2 is 2.12 bits per heavy atom. The van der Waals surface area contributed by atoms with Gasteiger partial charge in [-0.2, -0.15) is 0 Å². The molecule has 1 aliphatic rings. The Hall–Kier alpha value is -0.620. The summed E-state index contributed by atoms with van der Waals surface area (Å²) in [6.45, 7) is 5.26. The van der Waals surface area contributed by atoms with Crippen LogP contribution >= 0.6 is 0 Å². The van der Waals surface area contributed by atoms with Crippen molar-refractivity contribution < 1.29 is 13.2 Å². The van der Waals surface area contributed by atoms with Gasteiger partial charge in [0.05, 0.1) is 6.26 Å².